The second kappa shape index (κ2) is 7.31. The molecule has 1 aliphatic rings. The number of hydrogen-bond donors (Lipinski definition) is 2. The number of aliphatic hydroxyl groups excluding tert-OH is 1. The summed E-state index contributed by atoms with van der Waals surface area (Å²) >= 11 is 0. The number of pyridine rings is 1. The number of aliphatic hydroxyl groups is 1. The Kier molecular flexibility index (Phi) is 5.43. The van der Waals surface area contributed by atoms with E-state index in [0.29, 0.717) is 6.54 Å². The summed E-state index contributed by atoms with van der Waals surface area (Å²) in [4.78, 5) is 17.6. The van der Waals surface area contributed by atoms with Crippen molar-refractivity contribution < 1.29 is 14.3 Å². The summed E-state index contributed by atoms with van der Waals surface area (Å²) < 4.78 is 13.3. The van der Waals surface area contributed by atoms with Crippen LogP contribution in [0.15, 0.2) is 18.5 Å². The average Bonchev–Trinajstić information content (AvgIpc) is 2.46. The average molecular weight is 281 g/mol. The molecule has 1 amide bonds. The van der Waals surface area contributed by atoms with Crippen LogP contribution in [0, 0.1) is 5.82 Å². The predicted molar refractivity (Wildman–Crippen MR) is 72.8 cm³/mol. The Morgan fingerprint density at radius 1 is 1.50 bits per heavy atom. The van der Waals surface area contributed by atoms with Gasteiger partial charge in [0, 0.05) is 25.8 Å². The van der Waals surface area contributed by atoms with Crippen molar-refractivity contribution in [3.8, 4) is 0 Å². The van der Waals surface area contributed by atoms with E-state index < -0.39 is 11.7 Å². The van der Waals surface area contributed by atoms with Gasteiger partial charge in [0.05, 0.1) is 17.9 Å². The minimum atomic E-state index is -0.602. The number of halogens is 1. The third-order valence-corrected chi connectivity index (χ3v) is 3.51. The Labute approximate surface area is 117 Å². The molecule has 0 spiro atoms. The van der Waals surface area contributed by atoms with E-state index in [1.807, 2.05) is 0 Å². The van der Waals surface area contributed by atoms with E-state index >= 15 is 0 Å². The molecule has 2 rings (SSSR count). The maximum atomic E-state index is 13.3. The number of nitrogens with zero attached hydrogens (tertiary/aromatic N) is 2. The van der Waals surface area contributed by atoms with Crippen LogP contribution in [0.1, 0.15) is 29.6 Å². The molecule has 0 aromatic carbocycles. The lowest BCUT2D eigenvalue weighted by Gasteiger charge is -2.29. The van der Waals surface area contributed by atoms with Crippen LogP contribution in [0.2, 0.25) is 0 Å². The highest BCUT2D eigenvalue weighted by atomic mass is 19.1. The van der Waals surface area contributed by atoms with Gasteiger partial charge in [-0.15, -0.1) is 0 Å². The number of amides is 1. The first kappa shape index (κ1) is 14.9. The Hall–Kier alpha value is -1.53. The van der Waals surface area contributed by atoms with E-state index in [0.717, 1.165) is 45.1 Å². The molecule has 6 heteroatoms. The van der Waals surface area contributed by atoms with Gasteiger partial charge in [-0.25, -0.2) is 4.39 Å². The summed E-state index contributed by atoms with van der Waals surface area (Å²) in [6.45, 7) is 3.19. The summed E-state index contributed by atoms with van der Waals surface area (Å²) in [7, 11) is 0. The van der Waals surface area contributed by atoms with Crippen molar-refractivity contribution in [1.29, 1.82) is 0 Å². The highest BCUT2D eigenvalue weighted by Gasteiger charge is 2.16. The van der Waals surface area contributed by atoms with Crippen molar-refractivity contribution in [3.63, 3.8) is 0 Å². The van der Waals surface area contributed by atoms with E-state index in [4.69, 9.17) is 0 Å². The molecule has 0 atom stereocenters. The number of rotatable bonds is 5. The lowest BCUT2D eigenvalue weighted by Crippen LogP contribution is -2.37. The quantitative estimate of drug-likeness (QED) is 0.784. The second-order valence-corrected chi connectivity index (χ2v) is 5.04. The SMILES string of the molecule is O=C(NCCCN1CCC(O)CC1)c1ccncc1F. The fourth-order valence-electron chi connectivity index (χ4n) is 2.30. The molecule has 1 aromatic rings. The molecule has 1 aliphatic heterocycles. The minimum Gasteiger partial charge on any atom is -0.393 e. The van der Waals surface area contributed by atoms with Gasteiger partial charge in [0.1, 0.15) is 0 Å². The maximum Gasteiger partial charge on any atom is 0.254 e. The first-order valence-electron chi connectivity index (χ1n) is 6.95. The van der Waals surface area contributed by atoms with E-state index in [9.17, 15) is 14.3 Å². The van der Waals surface area contributed by atoms with Crippen LogP contribution in [-0.2, 0) is 0 Å². The first-order chi connectivity index (χ1) is 9.66. The third kappa shape index (κ3) is 4.25. The molecule has 1 saturated heterocycles. The van der Waals surface area contributed by atoms with Crippen molar-refractivity contribution >= 4 is 5.91 Å². The van der Waals surface area contributed by atoms with Gasteiger partial charge in [-0.2, -0.15) is 0 Å². The molecule has 1 aromatic heterocycles. The fourth-order valence-corrected chi connectivity index (χ4v) is 2.30. The summed E-state index contributed by atoms with van der Waals surface area (Å²) in [6, 6.07) is 1.37. The predicted octanol–water partition coefficient (Wildman–Crippen LogP) is 0.797. The second-order valence-electron chi connectivity index (χ2n) is 5.04. The van der Waals surface area contributed by atoms with E-state index in [1.54, 1.807) is 0 Å². The van der Waals surface area contributed by atoms with Gasteiger partial charge in [-0.05, 0) is 31.9 Å². The smallest absolute Gasteiger partial charge is 0.254 e. The molecule has 0 radical (unpaired) electrons. The molecule has 0 saturated carbocycles. The van der Waals surface area contributed by atoms with Crippen LogP contribution in [0.5, 0.6) is 0 Å². The van der Waals surface area contributed by atoms with Crippen LogP contribution in [-0.4, -0.2) is 53.2 Å². The lowest BCUT2D eigenvalue weighted by atomic mass is 10.1. The molecule has 2 heterocycles. The van der Waals surface area contributed by atoms with Crippen LogP contribution < -0.4 is 5.32 Å². The highest BCUT2D eigenvalue weighted by molar-refractivity contribution is 5.94. The Bertz CT molecular complexity index is 448. The Balaban J connectivity index is 1.66. The number of piperidine rings is 1. The molecule has 1 fully saturated rings. The topological polar surface area (TPSA) is 65.5 Å². The van der Waals surface area contributed by atoms with Crippen molar-refractivity contribution in [1.82, 2.24) is 15.2 Å². The Morgan fingerprint density at radius 3 is 2.95 bits per heavy atom. The molecule has 20 heavy (non-hydrogen) atoms. The molecule has 2 N–H and O–H groups in total. The van der Waals surface area contributed by atoms with E-state index in [2.05, 4.69) is 15.2 Å². The molecule has 5 nitrogen and oxygen atoms in total. The number of aromatic nitrogens is 1. The van der Waals surface area contributed by atoms with E-state index in [1.165, 1.54) is 12.3 Å². The van der Waals surface area contributed by atoms with Gasteiger partial charge >= 0.3 is 0 Å². The number of likely N-dealkylation sites (tertiary alicyclic amines) is 1. The van der Waals surface area contributed by atoms with Crippen LogP contribution in [0.3, 0.4) is 0 Å². The molecule has 110 valence electrons. The zero-order valence-corrected chi connectivity index (χ0v) is 11.4. The zero-order chi connectivity index (χ0) is 14.4. The highest BCUT2D eigenvalue weighted by Crippen LogP contribution is 2.09. The van der Waals surface area contributed by atoms with Crippen molar-refractivity contribution in [2.45, 2.75) is 25.4 Å². The Morgan fingerprint density at radius 2 is 2.25 bits per heavy atom. The largest absolute Gasteiger partial charge is 0.393 e. The third-order valence-electron chi connectivity index (χ3n) is 3.51. The van der Waals surface area contributed by atoms with Gasteiger partial charge in [-0.1, -0.05) is 0 Å². The number of nitrogens with one attached hydrogen (secondary N) is 1. The fraction of sp³-hybridized carbons (Fsp3) is 0.571. The van der Waals surface area contributed by atoms with Crippen LogP contribution in [0.4, 0.5) is 4.39 Å². The number of carbonyl (C=O) groups is 1. The number of hydrogen-bond acceptors (Lipinski definition) is 4. The van der Waals surface area contributed by atoms with Crippen molar-refractivity contribution in [2.75, 3.05) is 26.2 Å². The standard InChI is InChI=1S/C14H20FN3O2/c15-13-10-16-6-2-12(13)14(20)17-5-1-7-18-8-3-11(19)4-9-18/h2,6,10-11,19H,1,3-5,7-9H2,(H,17,20). The van der Waals surface area contributed by atoms with Crippen molar-refractivity contribution in [2.24, 2.45) is 0 Å². The minimum absolute atomic E-state index is 0.0288. The van der Waals surface area contributed by atoms with Crippen molar-refractivity contribution in [3.05, 3.63) is 29.8 Å². The molecular formula is C14H20FN3O2. The number of carbonyl (C=O) groups excluding carboxylic acids is 1. The van der Waals surface area contributed by atoms with Crippen LogP contribution >= 0.6 is 0 Å². The van der Waals surface area contributed by atoms with Gasteiger partial charge < -0.3 is 15.3 Å². The summed E-state index contributed by atoms with van der Waals surface area (Å²) in [5.41, 5.74) is 0.0288. The lowest BCUT2D eigenvalue weighted by molar-refractivity contribution is 0.0816. The molecular weight excluding hydrogens is 261 g/mol. The zero-order valence-electron chi connectivity index (χ0n) is 11.4. The van der Waals surface area contributed by atoms with E-state index in [-0.39, 0.29) is 11.7 Å². The maximum absolute atomic E-state index is 13.3. The monoisotopic (exact) mass is 281 g/mol. The summed E-state index contributed by atoms with van der Waals surface area (Å²) in [5, 5.41) is 12.1. The van der Waals surface area contributed by atoms with Gasteiger partial charge in [0.15, 0.2) is 5.82 Å². The summed E-state index contributed by atoms with van der Waals surface area (Å²) in [6.07, 6.45) is 4.71. The van der Waals surface area contributed by atoms with Gasteiger partial charge in [-0.3, -0.25) is 9.78 Å². The van der Waals surface area contributed by atoms with Gasteiger partial charge in [0.25, 0.3) is 5.91 Å². The molecule has 0 aliphatic carbocycles. The molecule has 0 bridgehead atoms. The molecule has 0 unspecified atom stereocenters. The first-order valence-corrected chi connectivity index (χ1v) is 6.95. The van der Waals surface area contributed by atoms with Gasteiger partial charge in [0.2, 0.25) is 0 Å². The normalized spacial score (nSPS) is 17.1. The summed E-state index contributed by atoms with van der Waals surface area (Å²) in [5.74, 6) is -1.01. The van der Waals surface area contributed by atoms with Crippen LogP contribution in [0.25, 0.3) is 0 Å².